The molecule has 2 aromatic heterocycles. The van der Waals surface area contributed by atoms with Crippen molar-refractivity contribution in [2.75, 3.05) is 18.5 Å². The molecule has 6 heteroatoms. The van der Waals surface area contributed by atoms with Gasteiger partial charge in [0.15, 0.2) is 5.82 Å². The third kappa shape index (κ3) is 2.43. The first-order valence-corrected chi connectivity index (χ1v) is 6.43. The smallest absolute Gasteiger partial charge is 0.203 e. The summed E-state index contributed by atoms with van der Waals surface area (Å²) in [6, 6.07) is 0. The Kier molecular flexibility index (Phi) is 3.36. The summed E-state index contributed by atoms with van der Waals surface area (Å²) in [7, 11) is 0. The van der Waals surface area contributed by atoms with Crippen molar-refractivity contribution >= 4 is 11.5 Å². The SMILES string of the molecule is c1cn2cnnc2c(NCCC2CCCCO2)n1. The third-order valence-electron chi connectivity index (χ3n) is 3.25. The zero-order chi connectivity index (χ0) is 12.2. The van der Waals surface area contributed by atoms with Gasteiger partial charge in [-0.05, 0) is 25.7 Å². The number of hydrogen-bond donors (Lipinski definition) is 1. The minimum atomic E-state index is 0.392. The maximum atomic E-state index is 5.69. The van der Waals surface area contributed by atoms with Crippen molar-refractivity contribution in [1.29, 1.82) is 0 Å². The lowest BCUT2D eigenvalue weighted by Gasteiger charge is -2.22. The molecule has 1 fully saturated rings. The Morgan fingerprint density at radius 3 is 3.33 bits per heavy atom. The Bertz CT molecular complexity index is 506. The second-order valence-corrected chi connectivity index (χ2v) is 4.54. The highest BCUT2D eigenvalue weighted by atomic mass is 16.5. The lowest BCUT2D eigenvalue weighted by molar-refractivity contribution is 0.0134. The minimum Gasteiger partial charge on any atom is -0.378 e. The molecule has 96 valence electrons. The van der Waals surface area contributed by atoms with E-state index in [-0.39, 0.29) is 0 Å². The first-order valence-electron chi connectivity index (χ1n) is 6.43. The van der Waals surface area contributed by atoms with Crippen molar-refractivity contribution in [3.05, 3.63) is 18.7 Å². The standard InChI is InChI=1S/C12H17N5O/c1-2-8-18-10(3-1)4-5-13-11-12-16-15-9-17(12)7-6-14-11/h6-7,9-10H,1-5,8H2,(H,13,14). The number of rotatable bonds is 4. The summed E-state index contributed by atoms with van der Waals surface area (Å²) >= 11 is 0. The highest BCUT2D eigenvalue weighted by molar-refractivity contribution is 5.61. The fourth-order valence-electron chi connectivity index (χ4n) is 2.27. The fraction of sp³-hybridized carbons (Fsp3) is 0.583. The maximum absolute atomic E-state index is 5.69. The molecule has 18 heavy (non-hydrogen) atoms. The summed E-state index contributed by atoms with van der Waals surface area (Å²) in [5.74, 6) is 0.783. The molecule has 0 spiro atoms. The highest BCUT2D eigenvalue weighted by Crippen LogP contribution is 2.16. The number of anilines is 1. The van der Waals surface area contributed by atoms with E-state index in [1.54, 1.807) is 12.5 Å². The molecule has 0 bridgehead atoms. The molecule has 1 N–H and O–H groups in total. The van der Waals surface area contributed by atoms with E-state index in [9.17, 15) is 0 Å². The highest BCUT2D eigenvalue weighted by Gasteiger charge is 2.13. The second kappa shape index (κ2) is 5.30. The molecule has 3 rings (SSSR count). The number of nitrogens with one attached hydrogen (secondary N) is 1. The predicted molar refractivity (Wildman–Crippen MR) is 67.5 cm³/mol. The van der Waals surface area contributed by atoms with Crippen molar-refractivity contribution in [3.8, 4) is 0 Å². The lowest BCUT2D eigenvalue weighted by atomic mass is 10.1. The molecule has 1 atom stereocenters. The van der Waals surface area contributed by atoms with E-state index >= 15 is 0 Å². The second-order valence-electron chi connectivity index (χ2n) is 4.54. The first kappa shape index (κ1) is 11.4. The van der Waals surface area contributed by atoms with E-state index in [4.69, 9.17) is 4.74 Å². The average molecular weight is 247 g/mol. The molecule has 1 unspecified atom stereocenters. The van der Waals surface area contributed by atoms with Crippen LogP contribution in [-0.2, 0) is 4.74 Å². The molecular weight excluding hydrogens is 230 g/mol. The quantitative estimate of drug-likeness (QED) is 0.887. The van der Waals surface area contributed by atoms with Crippen LogP contribution in [0.1, 0.15) is 25.7 Å². The van der Waals surface area contributed by atoms with Crippen LogP contribution in [0.3, 0.4) is 0 Å². The number of nitrogens with zero attached hydrogens (tertiary/aromatic N) is 4. The average Bonchev–Trinajstić information content (AvgIpc) is 2.89. The summed E-state index contributed by atoms with van der Waals surface area (Å²) < 4.78 is 7.55. The largest absolute Gasteiger partial charge is 0.378 e. The van der Waals surface area contributed by atoms with Gasteiger partial charge in [0.2, 0.25) is 5.65 Å². The van der Waals surface area contributed by atoms with Gasteiger partial charge in [0.05, 0.1) is 6.10 Å². The molecule has 1 saturated heterocycles. The molecule has 0 saturated carbocycles. The number of fused-ring (bicyclic) bond motifs is 1. The van der Waals surface area contributed by atoms with Crippen molar-refractivity contribution in [2.45, 2.75) is 31.8 Å². The van der Waals surface area contributed by atoms with Gasteiger partial charge < -0.3 is 10.1 Å². The molecule has 3 heterocycles. The van der Waals surface area contributed by atoms with Crippen LogP contribution < -0.4 is 5.32 Å². The van der Waals surface area contributed by atoms with Gasteiger partial charge in [-0.25, -0.2) is 4.98 Å². The Labute approximate surface area is 105 Å². The normalized spacial score (nSPS) is 20.1. The van der Waals surface area contributed by atoms with Crippen LogP contribution in [-0.4, -0.2) is 38.8 Å². The monoisotopic (exact) mass is 247 g/mol. The molecule has 0 aromatic carbocycles. The van der Waals surface area contributed by atoms with Gasteiger partial charge in [0.1, 0.15) is 6.33 Å². The van der Waals surface area contributed by atoms with Crippen molar-refractivity contribution in [2.24, 2.45) is 0 Å². The summed E-state index contributed by atoms with van der Waals surface area (Å²) in [6.45, 7) is 1.76. The van der Waals surface area contributed by atoms with Gasteiger partial charge in [-0.3, -0.25) is 4.40 Å². The van der Waals surface area contributed by atoms with E-state index in [0.717, 1.165) is 31.0 Å². The van der Waals surface area contributed by atoms with Crippen LogP contribution in [0.5, 0.6) is 0 Å². The van der Waals surface area contributed by atoms with Gasteiger partial charge in [-0.2, -0.15) is 0 Å². The maximum Gasteiger partial charge on any atom is 0.203 e. The van der Waals surface area contributed by atoms with Crippen LogP contribution in [0.25, 0.3) is 5.65 Å². The van der Waals surface area contributed by atoms with Crippen molar-refractivity contribution < 1.29 is 4.74 Å². The molecule has 6 nitrogen and oxygen atoms in total. The third-order valence-corrected chi connectivity index (χ3v) is 3.25. The lowest BCUT2D eigenvalue weighted by Crippen LogP contribution is -2.22. The first-order chi connectivity index (χ1) is 8.93. The van der Waals surface area contributed by atoms with E-state index in [1.165, 1.54) is 19.3 Å². The Morgan fingerprint density at radius 1 is 1.44 bits per heavy atom. The molecule has 0 aliphatic carbocycles. The van der Waals surface area contributed by atoms with Crippen LogP contribution in [0.4, 0.5) is 5.82 Å². The molecular formula is C12H17N5O. The summed E-state index contributed by atoms with van der Waals surface area (Å²) in [4.78, 5) is 4.29. The summed E-state index contributed by atoms with van der Waals surface area (Å²) in [5, 5.41) is 11.2. The van der Waals surface area contributed by atoms with E-state index < -0.39 is 0 Å². The van der Waals surface area contributed by atoms with Gasteiger partial charge in [-0.15, -0.1) is 10.2 Å². The molecule has 0 radical (unpaired) electrons. The van der Waals surface area contributed by atoms with Gasteiger partial charge in [-0.1, -0.05) is 0 Å². The van der Waals surface area contributed by atoms with Crippen LogP contribution >= 0.6 is 0 Å². The number of ether oxygens (including phenoxy) is 1. The fourth-order valence-corrected chi connectivity index (χ4v) is 2.27. The molecule has 1 aliphatic heterocycles. The Hall–Kier alpha value is -1.69. The number of hydrogen-bond acceptors (Lipinski definition) is 5. The predicted octanol–water partition coefficient (Wildman–Crippen LogP) is 1.50. The van der Waals surface area contributed by atoms with E-state index in [0.29, 0.717) is 6.10 Å². The summed E-state index contributed by atoms with van der Waals surface area (Å²) in [5.41, 5.74) is 0.766. The van der Waals surface area contributed by atoms with Gasteiger partial charge >= 0.3 is 0 Å². The topological polar surface area (TPSA) is 64.3 Å². The Balaban J connectivity index is 1.57. The zero-order valence-corrected chi connectivity index (χ0v) is 10.2. The van der Waals surface area contributed by atoms with Crippen LogP contribution in [0.2, 0.25) is 0 Å². The van der Waals surface area contributed by atoms with Crippen molar-refractivity contribution in [1.82, 2.24) is 19.6 Å². The van der Waals surface area contributed by atoms with E-state index in [1.807, 2.05) is 10.6 Å². The minimum absolute atomic E-state index is 0.392. The molecule has 1 aliphatic rings. The van der Waals surface area contributed by atoms with E-state index in [2.05, 4.69) is 20.5 Å². The molecule has 0 amide bonds. The van der Waals surface area contributed by atoms with Gasteiger partial charge in [0, 0.05) is 25.5 Å². The molecule has 2 aromatic rings. The van der Waals surface area contributed by atoms with Crippen LogP contribution in [0.15, 0.2) is 18.7 Å². The summed E-state index contributed by atoms with van der Waals surface area (Å²) in [6.07, 6.45) is 10.3. The van der Waals surface area contributed by atoms with Crippen molar-refractivity contribution in [3.63, 3.8) is 0 Å². The zero-order valence-electron chi connectivity index (χ0n) is 10.2. The van der Waals surface area contributed by atoms with Crippen LogP contribution in [0, 0.1) is 0 Å². The Morgan fingerprint density at radius 2 is 2.44 bits per heavy atom. The van der Waals surface area contributed by atoms with Gasteiger partial charge in [0.25, 0.3) is 0 Å². The number of aromatic nitrogens is 4.